The van der Waals surface area contributed by atoms with Crippen LogP contribution in [-0.2, 0) is 17.9 Å². The van der Waals surface area contributed by atoms with Gasteiger partial charge in [0.25, 0.3) is 0 Å². The van der Waals surface area contributed by atoms with Crippen molar-refractivity contribution in [2.24, 2.45) is 5.73 Å². The molecule has 1 aromatic heterocycles. The highest BCUT2D eigenvalue weighted by Gasteiger charge is 2.17. The van der Waals surface area contributed by atoms with Crippen LogP contribution in [0.25, 0.3) is 0 Å². The summed E-state index contributed by atoms with van der Waals surface area (Å²) in [5, 5.41) is 2.04. The molecule has 0 radical (unpaired) electrons. The molecule has 2 N–H and O–H groups in total. The van der Waals surface area contributed by atoms with Gasteiger partial charge in [0, 0.05) is 24.5 Å². The first-order valence-electron chi connectivity index (χ1n) is 8.60. The molecule has 0 fully saturated rings. The Labute approximate surface area is 154 Å². The number of benzene rings is 1. The lowest BCUT2D eigenvalue weighted by Crippen LogP contribution is -2.40. The van der Waals surface area contributed by atoms with Crippen molar-refractivity contribution in [3.05, 3.63) is 70.9 Å². The molecule has 25 heavy (non-hydrogen) atoms. The lowest BCUT2D eigenvalue weighted by Gasteiger charge is -2.26. The number of thiophene rings is 1. The van der Waals surface area contributed by atoms with Gasteiger partial charge in [-0.15, -0.1) is 17.9 Å². The van der Waals surface area contributed by atoms with E-state index in [0.29, 0.717) is 26.2 Å². The lowest BCUT2D eigenvalue weighted by atomic mass is 10.2. The molecule has 1 heterocycles. The highest BCUT2D eigenvalue weighted by molar-refractivity contribution is 7.09. The molecule has 0 aliphatic carbocycles. The van der Waals surface area contributed by atoms with E-state index in [0.717, 1.165) is 19.5 Å². The first-order chi connectivity index (χ1) is 12.2. The highest BCUT2D eigenvalue weighted by Crippen LogP contribution is 2.13. The molecule has 0 saturated heterocycles. The molecule has 0 unspecified atom stereocenters. The smallest absolute Gasteiger partial charge is 0.237 e. The third-order valence-corrected chi connectivity index (χ3v) is 4.78. The predicted molar refractivity (Wildman–Crippen MR) is 105 cm³/mol. The summed E-state index contributed by atoms with van der Waals surface area (Å²) in [5.74, 6) is 0.126. The quantitative estimate of drug-likeness (QED) is 0.629. The first kappa shape index (κ1) is 19.4. The summed E-state index contributed by atoms with van der Waals surface area (Å²) in [6.45, 7) is 7.59. The van der Waals surface area contributed by atoms with Crippen LogP contribution in [0.5, 0.6) is 0 Å². The van der Waals surface area contributed by atoms with Crippen LogP contribution in [0.3, 0.4) is 0 Å². The maximum Gasteiger partial charge on any atom is 0.237 e. The molecular weight excluding hydrogens is 330 g/mol. The van der Waals surface area contributed by atoms with E-state index in [1.807, 2.05) is 34.5 Å². The van der Waals surface area contributed by atoms with Crippen molar-refractivity contribution in [1.29, 1.82) is 0 Å². The number of rotatable bonds is 11. The highest BCUT2D eigenvalue weighted by atomic mass is 32.1. The monoisotopic (exact) mass is 357 g/mol. The molecule has 0 spiro atoms. The van der Waals surface area contributed by atoms with Crippen LogP contribution in [0.2, 0.25) is 0 Å². The van der Waals surface area contributed by atoms with Gasteiger partial charge in [0.2, 0.25) is 5.91 Å². The molecule has 5 heteroatoms. The minimum atomic E-state index is 0.126. The number of nitrogens with two attached hydrogens (primary N) is 1. The van der Waals surface area contributed by atoms with Crippen molar-refractivity contribution < 1.29 is 4.79 Å². The Morgan fingerprint density at radius 1 is 1.16 bits per heavy atom. The SMILES string of the molecule is C=CCN(Cc1cccs1)C(=O)CN(CCCN)Cc1ccccc1. The van der Waals surface area contributed by atoms with Gasteiger partial charge in [-0.2, -0.15) is 0 Å². The van der Waals surface area contributed by atoms with E-state index in [1.165, 1.54) is 10.4 Å². The minimum Gasteiger partial charge on any atom is -0.333 e. The van der Waals surface area contributed by atoms with Gasteiger partial charge in [-0.1, -0.05) is 42.5 Å². The summed E-state index contributed by atoms with van der Waals surface area (Å²) < 4.78 is 0. The van der Waals surface area contributed by atoms with Crippen LogP contribution in [0, 0.1) is 0 Å². The molecule has 0 aliphatic heterocycles. The van der Waals surface area contributed by atoms with Crippen LogP contribution in [-0.4, -0.2) is 41.9 Å². The minimum absolute atomic E-state index is 0.126. The van der Waals surface area contributed by atoms with E-state index in [4.69, 9.17) is 5.73 Å². The molecule has 0 aliphatic rings. The number of carbonyl (C=O) groups excluding carboxylic acids is 1. The Morgan fingerprint density at radius 2 is 1.96 bits per heavy atom. The standard InChI is InChI=1S/C20H27N3OS/c1-2-12-23(16-19-10-6-14-25-19)20(24)17-22(13-7-11-21)15-18-8-4-3-5-9-18/h2-6,8-10,14H,1,7,11-13,15-17,21H2. The zero-order valence-electron chi connectivity index (χ0n) is 14.6. The third-order valence-electron chi connectivity index (χ3n) is 3.92. The van der Waals surface area contributed by atoms with Crippen LogP contribution >= 0.6 is 11.3 Å². The second-order valence-corrected chi connectivity index (χ2v) is 7.01. The maximum absolute atomic E-state index is 12.8. The number of hydrogen-bond donors (Lipinski definition) is 1. The van der Waals surface area contributed by atoms with E-state index in [9.17, 15) is 4.79 Å². The lowest BCUT2D eigenvalue weighted by molar-refractivity contribution is -0.132. The van der Waals surface area contributed by atoms with E-state index in [2.05, 4.69) is 29.7 Å². The van der Waals surface area contributed by atoms with Crippen molar-refractivity contribution in [2.45, 2.75) is 19.5 Å². The Kier molecular flexibility index (Phi) is 8.39. The Morgan fingerprint density at radius 3 is 2.60 bits per heavy atom. The predicted octanol–water partition coefficient (Wildman–Crippen LogP) is 3.11. The molecule has 1 aromatic carbocycles. The summed E-state index contributed by atoms with van der Waals surface area (Å²) in [7, 11) is 0. The van der Waals surface area contributed by atoms with Gasteiger partial charge in [-0.05, 0) is 30.0 Å². The molecule has 1 amide bonds. The molecule has 4 nitrogen and oxygen atoms in total. The maximum atomic E-state index is 12.8. The van der Waals surface area contributed by atoms with Crippen LogP contribution in [0.15, 0.2) is 60.5 Å². The molecule has 134 valence electrons. The third kappa shape index (κ3) is 6.82. The molecule has 0 bridgehead atoms. The fourth-order valence-electron chi connectivity index (χ4n) is 2.66. The van der Waals surface area contributed by atoms with Crippen molar-refractivity contribution in [3.63, 3.8) is 0 Å². The van der Waals surface area contributed by atoms with E-state index in [-0.39, 0.29) is 5.91 Å². The molecule has 0 saturated carbocycles. The van der Waals surface area contributed by atoms with Gasteiger partial charge in [0.05, 0.1) is 13.1 Å². The van der Waals surface area contributed by atoms with E-state index >= 15 is 0 Å². The Balaban J connectivity index is 2.00. The summed E-state index contributed by atoms with van der Waals surface area (Å²) in [6.07, 6.45) is 2.67. The Hall–Kier alpha value is -1.95. The van der Waals surface area contributed by atoms with Gasteiger partial charge in [0.1, 0.15) is 0 Å². The van der Waals surface area contributed by atoms with Gasteiger partial charge in [-0.25, -0.2) is 0 Å². The molecule has 0 atom stereocenters. The molecule has 2 rings (SSSR count). The average molecular weight is 358 g/mol. The zero-order chi connectivity index (χ0) is 17.9. The van der Waals surface area contributed by atoms with Crippen molar-refractivity contribution in [1.82, 2.24) is 9.80 Å². The molecule has 2 aromatic rings. The van der Waals surface area contributed by atoms with Crippen molar-refractivity contribution >= 4 is 17.2 Å². The van der Waals surface area contributed by atoms with E-state index < -0.39 is 0 Å². The van der Waals surface area contributed by atoms with Crippen LogP contribution in [0.1, 0.15) is 16.9 Å². The van der Waals surface area contributed by atoms with Gasteiger partial charge < -0.3 is 10.6 Å². The van der Waals surface area contributed by atoms with Crippen LogP contribution < -0.4 is 5.73 Å². The van der Waals surface area contributed by atoms with Gasteiger partial charge in [0.15, 0.2) is 0 Å². The molecular formula is C20H27N3OS. The Bertz CT molecular complexity index is 628. The summed E-state index contributed by atoms with van der Waals surface area (Å²) in [6, 6.07) is 14.3. The number of hydrogen-bond acceptors (Lipinski definition) is 4. The second-order valence-electron chi connectivity index (χ2n) is 5.98. The zero-order valence-corrected chi connectivity index (χ0v) is 15.5. The van der Waals surface area contributed by atoms with Crippen LogP contribution in [0.4, 0.5) is 0 Å². The fourth-order valence-corrected chi connectivity index (χ4v) is 3.38. The average Bonchev–Trinajstić information content (AvgIpc) is 3.13. The normalized spacial score (nSPS) is 10.8. The second kappa shape index (κ2) is 10.8. The van der Waals surface area contributed by atoms with Gasteiger partial charge >= 0.3 is 0 Å². The summed E-state index contributed by atoms with van der Waals surface area (Å²) in [5.41, 5.74) is 6.87. The first-order valence-corrected chi connectivity index (χ1v) is 9.48. The fraction of sp³-hybridized carbons (Fsp3) is 0.350. The summed E-state index contributed by atoms with van der Waals surface area (Å²) >= 11 is 1.67. The number of amides is 1. The van der Waals surface area contributed by atoms with Crippen molar-refractivity contribution in [3.8, 4) is 0 Å². The summed E-state index contributed by atoms with van der Waals surface area (Å²) in [4.78, 5) is 18.1. The van der Waals surface area contributed by atoms with Gasteiger partial charge in [-0.3, -0.25) is 9.69 Å². The van der Waals surface area contributed by atoms with E-state index in [1.54, 1.807) is 17.4 Å². The number of nitrogens with zero attached hydrogens (tertiary/aromatic N) is 2. The largest absolute Gasteiger partial charge is 0.333 e. The van der Waals surface area contributed by atoms with Crippen molar-refractivity contribution in [2.75, 3.05) is 26.2 Å². The topological polar surface area (TPSA) is 49.6 Å². The number of carbonyl (C=O) groups is 1.